The van der Waals surface area contributed by atoms with E-state index < -0.39 is 43.2 Å². The van der Waals surface area contributed by atoms with E-state index in [2.05, 4.69) is 5.32 Å². The highest BCUT2D eigenvalue weighted by Gasteiger charge is 2.46. The second-order valence-corrected chi connectivity index (χ2v) is 5.24. The summed E-state index contributed by atoms with van der Waals surface area (Å²) < 4.78 is 11.0. The van der Waals surface area contributed by atoms with E-state index in [9.17, 15) is 24.9 Å². The first kappa shape index (κ1) is 17.4. The van der Waals surface area contributed by atoms with E-state index in [4.69, 9.17) is 9.47 Å². The van der Waals surface area contributed by atoms with Crippen molar-refractivity contribution in [3.63, 3.8) is 0 Å². The van der Waals surface area contributed by atoms with Crippen molar-refractivity contribution < 1.29 is 34.4 Å². The molecule has 8 nitrogen and oxygen atoms in total. The molecule has 0 aliphatic carbocycles. The van der Waals surface area contributed by atoms with E-state index in [1.807, 2.05) is 0 Å². The smallest absolute Gasteiger partial charge is 0.223 e. The van der Waals surface area contributed by atoms with Crippen molar-refractivity contribution in [2.24, 2.45) is 0 Å². The van der Waals surface area contributed by atoms with E-state index in [1.165, 1.54) is 31.2 Å². The van der Waals surface area contributed by atoms with Crippen LogP contribution in [0.15, 0.2) is 24.3 Å². The van der Waals surface area contributed by atoms with Crippen LogP contribution < -0.4 is 10.1 Å². The van der Waals surface area contributed by atoms with Gasteiger partial charge >= 0.3 is 0 Å². The van der Waals surface area contributed by atoms with Gasteiger partial charge in [-0.05, 0) is 24.3 Å². The fourth-order valence-electron chi connectivity index (χ4n) is 2.33. The number of carbonyl (C=O) groups is 2. The number of hydrogen-bond donors (Lipinski definition) is 4. The number of carbonyl (C=O) groups excluding carboxylic acids is 2. The molecule has 1 fully saturated rings. The Kier molecular flexibility index (Phi) is 5.67. The number of hydrogen-bond acceptors (Lipinski definition) is 7. The van der Waals surface area contributed by atoms with Gasteiger partial charge in [-0.15, -0.1) is 0 Å². The van der Waals surface area contributed by atoms with Crippen molar-refractivity contribution in [2.45, 2.75) is 37.6 Å². The zero-order valence-electron chi connectivity index (χ0n) is 12.5. The Hall–Kier alpha value is -2.00. The highest BCUT2D eigenvalue weighted by Crippen LogP contribution is 2.24. The van der Waals surface area contributed by atoms with Gasteiger partial charge in [0.2, 0.25) is 12.2 Å². The van der Waals surface area contributed by atoms with E-state index in [1.54, 1.807) is 0 Å². The molecule has 0 aromatic heterocycles. The number of amides is 1. The van der Waals surface area contributed by atoms with Gasteiger partial charge in [-0.25, -0.2) is 0 Å². The summed E-state index contributed by atoms with van der Waals surface area (Å²) in [5.74, 6) is -0.0894. The maximum absolute atomic E-state index is 11.3. The quantitative estimate of drug-likeness (QED) is 0.502. The predicted molar refractivity (Wildman–Crippen MR) is 77.8 cm³/mol. The maximum Gasteiger partial charge on any atom is 0.223 e. The summed E-state index contributed by atoms with van der Waals surface area (Å²) in [6.45, 7) is 0.738. The molecule has 1 heterocycles. The predicted octanol–water partition coefficient (Wildman–Crippen LogP) is -1.18. The fraction of sp³-hybridized carbons (Fsp3) is 0.467. The minimum absolute atomic E-state index is 0.344. The molecule has 4 N–H and O–H groups in total. The topological polar surface area (TPSA) is 125 Å². The number of ether oxygens (including phenoxy) is 2. The summed E-state index contributed by atoms with van der Waals surface area (Å²) >= 11 is 0. The number of aliphatic hydroxyl groups excluding tert-OH is 3. The molecule has 1 saturated heterocycles. The average Bonchev–Trinajstić information content (AvgIpc) is 2.54. The molecule has 8 heteroatoms. The average molecular weight is 325 g/mol. The first-order valence-corrected chi connectivity index (χ1v) is 7.07. The van der Waals surface area contributed by atoms with Crippen molar-refractivity contribution in [3.8, 4) is 5.75 Å². The second-order valence-electron chi connectivity index (χ2n) is 5.24. The molecule has 1 aromatic rings. The molecule has 0 radical (unpaired) electrons. The third-order valence-electron chi connectivity index (χ3n) is 3.52. The Morgan fingerprint density at radius 3 is 2.48 bits per heavy atom. The lowest BCUT2D eigenvalue weighted by Gasteiger charge is -2.42. The summed E-state index contributed by atoms with van der Waals surface area (Å²) in [5, 5.41) is 31.7. The van der Waals surface area contributed by atoms with Crippen molar-refractivity contribution in [1.29, 1.82) is 0 Å². The molecule has 1 amide bonds. The van der Waals surface area contributed by atoms with E-state index in [0.717, 1.165) is 0 Å². The van der Waals surface area contributed by atoms with Gasteiger partial charge in [-0.1, -0.05) is 0 Å². The van der Waals surface area contributed by atoms with Gasteiger partial charge in [0, 0.05) is 12.5 Å². The molecular formula is C15H19NO7. The largest absolute Gasteiger partial charge is 0.463 e. The number of aldehydes is 1. The summed E-state index contributed by atoms with van der Waals surface area (Å²) in [6.07, 6.45) is -4.22. The van der Waals surface area contributed by atoms with Crippen molar-refractivity contribution in [3.05, 3.63) is 29.8 Å². The lowest BCUT2D eigenvalue weighted by atomic mass is 9.97. The highest BCUT2D eigenvalue weighted by atomic mass is 16.7. The molecule has 126 valence electrons. The zero-order chi connectivity index (χ0) is 17.0. The van der Waals surface area contributed by atoms with Gasteiger partial charge in [0.1, 0.15) is 36.4 Å². The van der Waals surface area contributed by atoms with Crippen LogP contribution in [0.2, 0.25) is 0 Å². The van der Waals surface area contributed by atoms with Gasteiger partial charge in [0.05, 0.1) is 6.61 Å². The summed E-state index contributed by atoms with van der Waals surface area (Å²) in [6, 6.07) is 5.11. The van der Waals surface area contributed by atoms with Crippen LogP contribution >= 0.6 is 0 Å². The molecular weight excluding hydrogens is 306 g/mol. The van der Waals surface area contributed by atoms with E-state index >= 15 is 0 Å². The number of aliphatic hydroxyl groups is 3. The Labute approximate surface area is 132 Å². The van der Waals surface area contributed by atoms with Gasteiger partial charge in [-0.2, -0.15) is 0 Å². The fourth-order valence-corrected chi connectivity index (χ4v) is 2.33. The summed E-state index contributed by atoms with van der Waals surface area (Å²) in [5.41, 5.74) is 0.462. The lowest BCUT2D eigenvalue weighted by Crippen LogP contribution is -2.65. The highest BCUT2D eigenvalue weighted by molar-refractivity contribution is 5.75. The van der Waals surface area contributed by atoms with Crippen LogP contribution in [0.25, 0.3) is 0 Å². The summed E-state index contributed by atoms with van der Waals surface area (Å²) in [7, 11) is 0. The van der Waals surface area contributed by atoms with Crippen LogP contribution in [-0.4, -0.2) is 64.8 Å². The molecule has 1 aromatic carbocycles. The van der Waals surface area contributed by atoms with E-state index in [0.29, 0.717) is 17.6 Å². The minimum atomic E-state index is -1.37. The van der Waals surface area contributed by atoms with E-state index in [-0.39, 0.29) is 0 Å². The number of benzene rings is 1. The lowest BCUT2D eigenvalue weighted by molar-refractivity contribution is -0.244. The van der Waals surface area contributed by atoms with Crippen molar-refractivity contribution in [1.82, 2.24) is 5.32 Å². The molecule has 0 bridgehead atoms. The maximum atomic E-state index is 11.3. The second kappa shape index (κ2) is 7.51. The molecule has 23 heavy (non-hydrogen) atoms. The first-order chi connectivity index (χ1) is 11.0. The summed E-state index contributed by atoms with van der Waals surface area (Å²) in [4.78, 5) is 21.9. The molecule has 0 unspecified atom stereocenters. The van der Waals surface area contributed by atoms with Crippen LogP contribution in [0, 0.1) is 0 Å². The standard InChI is InChI=1S/C15H19NO7/c1-8(19)16-12-14(21)13(20)11(7-18)23-15(12)22-10-4-2-9(6-17)3-5-10/h2-6,11-15,18,20-21H,7H2,1H3,(H,16,19)/t11-,12-,13+,14+,15-/m0/s1. The Morgan fingerprint density at radius 1 is 1.30 bits per heavy atom. The monoisotopic (exact) mass is 325 g/mol. The molecule has 0 saturated carbocycles. The molecule has 5 atom stereocenters. The molecule has 1 aliphatic rings. The number of nitrogens with one attached hydrogen (secondary N) is 1. The van der Waals surface area contributed by atoms with Crippen molar-refractivity contribution >= 4 is 12.2 Å². The number of rotatable bonds is 5. The van der Waals surface area contributed by atoms with Gasteiger partial charge < -0.3 is 30.1 Å². The van der Waals surface area contributed by atoms with Crippen LogP contribution in [0.1, 0.15) is 17.3 Å². The Balaban J connectivity index is 2.19. The van der Waals surface area contributed by atoms with Crippen LogP contribution in [0.4, 0.5) is 0 Å². The molecule has 1 aliphatic heterocycles. The van der Waals surface area contributed by atoms with Gasteiger partial charge in [0.25, 0.3) is 0 Å². The third kappa shape index (κ3) is 4.05. The third-order valence-corrected chi connectivity index (χ3v) is 3.52. The minimum Gasteiger partial charge on any atom is -0.463 e. The van der Waals surface area contributed by atoms with Gasteiger partial charge in [0.15, 0.2) is 0 Å². The van der Waals surface area contributed by atoms with Crippen LogP contribution in [0.3, 0.4) is 0 Å². The Morgan fingerprint density at radius 2 is 1.96 bits per heavy atom. The van der Waals surface area contributed by atoms with Crippen LogP contribution in [0.5, 0.6) is 5.75 Å². The van der Waals surface area contributed by atoms with Crippen LogP contribution in [-0.2, 0) is 9.53 Å². The Bertz CT molecular complexity index is 547. The van der Waals surface area contributed by atoms with Crippen molar-refractivity contribution in [2.75, 3.05) is 6.61 Å². The SMILES string of the molecule is CC(=O)N[C@@H]1[C@@H](Oc2ccc(C=O)cc2)O[C@@H](CO)[C@@H](O)[C@@H]1O. The first-order valence-electron chi connectivity index (χ1n) is 7.07. The zero-order valence-corrected chi connectivity index (χ0v) is 12.5. The normalized spacial score (nSPS) is 30.5. The molecule has 0 spiro atoms. The molecule has 2 rings (SSSR count). The van der Waals surface area contributed by atoms with Gasteiger partial charge in [-0.3, -0.25) is 9.59 Å².